The Bertz CT molecular complexity index is 835. The fraction of sp³-hybridized carbons (Fsp3) is 0.133. The van der Waals surface area contributed by atoms with E-state index in [1.807, 2.05) is 25.1 Å². The van der Waals surface area contributed by atoms with Crippen molar-refractivity contribution in [3.05, 3.63) is 47.2 Å². The topological polar surface area (TPSA) is 64.1 Å². The molecule has 1 N–H and O–H groups in total. The maximum atomic E-state index is 12.2. The fourth-order valence-corrected chi connectivity index (χ4v) is 3.03. The molecule has 0 radical (unpaired) electrons. The summed E-state index contributed by atoms with van der Waals surface area (Å²) in [6.07, 6.45) is 1.53. The van der Waals surface area contributed by atoms with Crippen LogP contribution in [-0.2, 0) is 0 Å². The maximum absolute atomic E-state index is 12.2. The number of carbonyl (C=O) groups is 1. The number of amides is 1. The summed E-state index contributed by atoms with van der Waals surface area (Å²) in [5.74, 6) is 0.453. The second-order valence-corrected chi connectivity index (χ2v) is 5.77. The molecule has 7 heteroatoms. The third-order valence-electron chi connectivity index (χ3n) is 2.90. The molecule has 0 aliphatic rings. The Labute approximate surface area is 135 Å². The zero-order valence-corrected chi connectivity index (χ0v) is 13.2. The van der Waals surface area contributed by atoms with Gasteiger partial charge in [-0.1, -0.05) is 22.9 Å². The van der Waals surface area contributed by atoms with Crippen LogP contribution in [0.2, 0.25) is 5.15 Å². The highest BCUT2D eigenvalue weighted by atomic mass is 35.5. The maximum Gasteiger partial charge on any atom is 0.260 e. The number of benzene rings is 1. The number of halogens is 1. The van der Waals surface area contributed by atoms with E-state index in [1.54, 1.807) is 12.1 Å². The van der Waals surface area contributed by atoms with E-state index in [0.29, 0.717) is 17.3 Å². The monoisotopic (exact) mass is 333 g/mol. The van der Waals surface area contributed by atoms with Gasteiger partial charge in [0.1, 0.15) is 10.9 Å². The number of anilines is 1. The summed E-state index contributed by atoms with van der Waals surface area (Å²) in [6.45, 7) is 2.54. The summed E-state index contributed by atoms with van der Waals surface area (Å²) >= 11 is 7.29. The van der Waals surface area contributed by atoms with E-state index < -0.39 is 0 Å². The van der Waals surface area contributed by atoms with E-state index in [1.165, 1.54) is 17.5 Å². The highest BCUT2D eigenvalue weighted by Gasteiger charge is 2.13. The summed E-state index contributed by atoms with van der Waals surface area (Å²) < 4.78 is 6.40. The van der Waals surface area contributed by atoms with Crippen LogP contribution in [0.25, 0.3) is 10.2 Å². The van der Waals surface area contributed by atoms with Crippen molar-refractivity contribution in [1.29, 1.82) is 0 Å². The molecule has 3 aromatic rings. The number of rotatable bonds is 4. The van der Waals surface area contributed by atoms with E-state index >= 15 is 0 Å². The molecule has 1 amide bonds. The standard InChI is InChI=1S/C15H12ClN3O2S/c1-2-21-9-5-6-11-12(8-9)22-15(18-11)19-14(20)10-4-3-7-17-13(10)16/h3-8H,2H2,1H3,(H,18,19,20). The molecule has 0 aliphatic carbocycles. The number of pyridine rings is 1. The normalized spacial score (nSPS) is 10.6. The summed E-state index contributed by atoms with van der Waals surface area (Å²) in [7, 11) is 0. The van der Waals surface area contributed by atoms with Gasteiger partial charge >= 0.3 is 0 Å². The number of ether oxygens (including phenoxy) is 1. The SMILES string of the molecule is CCOc1ccc2nc(NC(=O)c3cccnc3Cl)sc2c1. The number of aromatic nitrogens is 2. The lowest BCUT2D eigenvalue weighted by Gasteiger charge is -2.02. The average Bonchev–Trinajstić information content (AvgIpc) is 2.89. The van der Waals surface area contributed by atoms with Gasteiger partial charge in [0.05, 0.1) is 22.4 Å². The number of thiazole rings is 1. The zero-order chi connectivity index (χ0) is 15.5. The lowest BCUT2D eigenvalue weighted by Crippen LogP contribution is -2.12. The molecule has 0 spiro atoms. The van der Waals surface area contributed by atoms with Crippen molar-refractivity contribution < 1.29 is 9.53 Å². The second kappa shape index (κ2) is 6.29. The van der Waals surface area contributed by atoms with Crippen molar-refractivity contribution in [2.24, 2.45) is 0 Å². The predicted octanol–water partition coefficient (Wildman–Crippen LogP) is 4.00. The van der Waals surface area contributed by atoms with Gasteiger partial charge in [0.2, 0.25) is 0 Å². The first-order chi connectivity index (χ1) is 10.7. The van der Waals surface area contributed by atoms with E-state index in [9.17, 15) is 4.79 Å². The minimum Gasteiger partial charge on any atom is -0.494 e. The molecule has 0 bridgehead atoms. The molecule has 22 heavy (non-hydrogen) atoms. The quantitative estimate of drug-likeness (QED) is 0.733. The molecule has 2 heterocycles. The van der Waals surface area contributed by atoms with Crippen molar-refractivity contribution in [2.75, 3.05) is 11.9 Å². The van der Waals surface area contributed by atoms with Crippen LogP contribution in [0.1, 0.15) is 17.3 Å². The Morgan fingerprint density at radius 2 is 2.27 bits per heavy atom. The molecule has 0 saturated heterocycles. The summed E-state index contributed by atoms with van der Waals surface area (Å²) in [5, 5.41) is 3.42. The van der Waals surface area contributed by atoms with Gasteiger partial charge < -0.3 is 4.74 Å². The molecular formula is C15H12ClN3O2S. The molecule has 0 fully saturated rings. The molecule has 0 saturated carbocycles. The van der Waals surface area contributed by atoms with Crippen LogP contribution in [0.3, 0.4) is 0 Å². The number of fused-ring (bicyclic) bond motifs is 1. The zero-order valence-electron chi connectivity index (χ0n) is 11.7. The highest BCUT2D eigenvalue weighted by Crippen LogP contribution is 2.29. The molecule has 3 rings (SSSR count). The highest BCUT2D eigenvalue weighted by molar-refractivity contribution is 7.22. The Balaban J connectivity index is 1.85. The summed E-state index contributed by atoms with van der Waals surface area (Å²) in [4.78, 5) is 20.5. The summed E-state index contributed by atoms with van der Waals surface area (Å²) in [6, 6.07) is 8.90. The molecule has 1 aromatic carbocycles. The molecule has 0 atom stereocenters. The Morgan fingerprint density at radius 1 is 1.41 bits per heavy atom. The Hall–Kier alpha value is -2.18. The molecule has 5 nitrogen and oxygen atoms in total. The number of hydrogen-bond donors (Lipinski definition) is 1. The van der Waals surface area contributed by atoms with Crippen LogP contribution in [0.4, 0.5) is 5.13 Å². The second-order valence-electron chi connectivity index (χ2n) is 4.38. The van der Waals surface area contributed by atoms with Crippen molar-refractivity contribution in [3.8, 4) is 5.75 Å². The van der Waals surface area contributed by atoms with Gasteiger partial charge in [-0.05, 0) is 37.3 Å². The van der Waals surface area contributed by atoms with E-state index in [0.717, 1.165) is 16.0 Å². The van der Waals surface area contributed by atoms with Crippen LogP contribution in [0, 0.1) is 0 Å². The largest absolute Gasteiger partial charge is 0.494 e. The minimum absolute atomic E-state index is 0.166. The first-order valence-corrected chi connectivity index (χ1v) is 7.82. The average molecular weight is 334 g/mol. The minimum atomic E-state index is -0.331. The number of nitrogens with one attached hydrogen (secondary N) is 1. The van der Waals surface area contributed by atoms with Crippen LogP contribution in [0.5, 0.6) is 5.75 Å². The fourth-order valence-electron chi connectivity index (χ4n) is 1.93. The van der Waals surface area contributed by atoms with Gasteiger partial charge in [-0.3, -0.25) is 10.1 Å². The third-order valence-corrected chi connectivity index (χ3v) is 4.13. The third kappa shape index (κ3) is 3.03. The van der Waals surface area contributed by atoms with Crippen LogP contribution in [-0.4, -0.2) is 22.5 Å². The first kappa shape index (κ1) is 14.7. The number of nitrogens with zero attached hydrogens (tertiary/aromatic N) is 2. The van der Waals surface area contributed by atoms with E-state index in [-0.39, 0.29) is 11.1 Å². The Morgan fingerprint density at radius 3 is 3.05 bits per heavy atom. The predicted molar refractivity (Wildman–Crippen MR) is 88.0 cm³/mol. The molecular weight excluding hydrogens is 322 g/mol. The first-order valence-electron chi connectivity index (χ1n) is 6.62. The van der Waals surface area contributed by atoms with Crippen molar-refractivity contribution in [1.82, 2.24) is 9.97 Å². The number of hydrogen-bond acceptors (Lipinski definition) is 5. The van der Waals surface area contributed by atoms with Gasteiger partial charge in [-0.2, -0.15) is 0 Å². The molecule has 112 valence electrons. The summed E-state index contributed by atoms with van der Waals surface area (Å²) in [5.41, 5.74) is 1.12. The molecule has 0 unspecified atom stereocenters. The Kier molecular flexibility index (Phi) is 4.22. The van der Waals surface area contributed by atoms with E-state index in [2.05, 4.69) is 15.3 Å². The van der Waals surface area contributed by atoms with Crippen LogP contribution < -0.4 is 10.1 Å². The lowest BCUT2D eigenvalue weighted by molar-refractivity contribution is 0.102. The van der Waals surface area contributed by atoms with Crippen molar-refractivity contribution in [3.63, 3.8) is 0 Å². The van der Waals surface area contributed by atoms with Crippen LogP contribution >= 0.6 is 22.9 Å². The molecule has 2 aromatic heterocycles. The van der Waals surface area contributed by atoms with Gasteiger partial charge in [0.15, 0.2) is 5.13 Å². The van der Waals surface area contributed by atoms with Gasteiger partial charge in [-0.25, -0.2) is 9.97 Å². The number of carbonyl (C=O) groups excluding carboxylic acids is 1. The van der Waals surface area contributed by atoms with E-state index in [4.69, 9.17) is 16.3 Å². The van der Waals surface area contributed by atoms with Crippen molar-refractivity contribution >= 4 is 44.2 Å². The lowest BCUT2D eigenvalue weighted by atomic mass is 10.3. The van der Waals surface area contributed by atoms with Gasteiger partial charge in [-0.15, -0.1) is 0 Å². The smallest absolute Gasteiger partial charge is 0.260 e. The van der Waals surface area contributed by atoms with Gasteiger partial charge in [0, 0.05) is 6.20 Å². The van der Waals surface area contributed by atoms with Crippen molar-refractivity contribution in [2.45, 2.75) is 6.92 Å². The van der Waals surface area contributed by atoms with Gasteiger partial charge in [0.25, 0.3) is 5.91 Å². The van der Waals surface area contributed by atoms with Crippen LogP contribution in [0.15, 0.2) is 36.5 Å². The molecule has 0 aliphatic heterocycles.